The fraction of sp³-hybridized carbons (Fsp3) is 0.500. The molecule has 1 aliphatic heterocycles. The lowest BCUT2D eigenvalue weighted by molar-refractivity contribution is 0.0662. The molecule has 1 aliphatic rings. The Morgan fingerprint density at radius 2 is 1.89 bits per heavy atom. The van der Waals surface area contributed by atoms with Crippen LogP contribution in [-0.2, 0) is 7.05 Å². The molecule has 0 unspecified atom stereocenters. The Balaban J connectivity index is 1.99. The second kappa shape index (κ2) is 5.32. The molecule has 1 saturated heterocycles. The van der Waals surface area contributed by atoms with E-state index in [4.69, 9.17) is 0 Å². The van der Waals surface area contributed by atoms with Crippen molar-refractivity contribution in [2.75, 3.05) is 33.2 Å². The summed E-state index contributed by atoms with van der Waals surface area (Å²) in [6.07, 6.45) is 1.60. The average Bonchev–Trinajstić information content (AvgIpc) is 2.35. The summed E-state index contributed by atoms with van der Waals surface area (Å²) in [7, 11) is 3.71. The predicted octanol–water partition coefficient (Wildman–Crippen LogP) is -0.722. The number of hydrogen-bond donors (Lipinski definition) is 1. The molecule has 1 aromatic heterocycles. The van der Waals surface area contributed by atoms with Gasteiger partial charge in [0.2, 0.25) is 0 Å². The Kier molecular flexibility index (Phi) is 3.78. The average molecular weight is 250 g/mol. The minimum atomic E-state index is -0.225. The largest absolute Gasteiger partial charge is 0.319 e. The van der Waals surface area contributed by atoms with Crippen molar-refractivity contribution in [2.45, 2.75) is 0 Å². The quantitative estimate of drug-likeness (QED) is 0.752. The number of hydrogen-bond acceptors (Lipinski definition) is 4. The summed E-state index contributed by atoms with van der Waals surface area (Å²) >= 11 is 0. The van der Waals surface area contributed by atoms with Gasteiger partial charge in [-0.05, 0) is 13.1 Å². The van der Waals surface area contributed by atoms with Crippen LogP contribution in [0.3, 0.4) is 0 Å². The first kappa shape index (κ1) is 12.8. The molecular formula is C12H18N4O2. The highest BCUT2D eigenvalue weighted by Gasteiger charge is 2.16. The summed E-state index contributed by atoms with van der Waals surface area (Å²) in [4.78, 5) is 25.6. The Hall–Kier alpha value is -1.66. The van der Waals surface area contributed by atoms with Crippen LogP contribution >= 0.6 is 0 Å². The van der Waals surface area contributed by atoms with Gasteiger partial charge >= 0.3 is 0 Å². The number of carbonyl (C=O) groups is 1. The second-order valence-electron chi connectivity index (χ2n) is 4.60. The van der Waals surface area contributed by atoms with Crippen molar-refractivity contribution >= 4 is 5.91 Å². The van der Waals surface area contributed by atoms with Crippen LogP contribution in [0.25, 0.3) is 0 Å². The van der Waals surface area contributed by atoms with Gasteiger partial charge in [0.1, 0.15) is 0 Å². The number of amides is 1. The van der Waals surface area contributed by atoms with Crippen molar-refractivity contribution in [1.29, 1.82) is 0 Å². The van der Waals surface area contributed by atoms with Gasteiger partial charge in [-0.15, -0.1) is 0 Å². The molecule has 2 heterocycles. The molecule has 0 saturated carbocycles. The molecule has 6 nitrogen and oxygen atoms in total. The normalized spacial score (nSPS) is 17.7. The van der Waals surface area contributed by atoms with E-state index in [9.17, 15) is 9.59 Å². The molecule has 0 aliphatic carbocycles. The maximum Gasteiger partial charge on any atom is 0.265 e. The first-order chi connectivity index (χ1) is 8.56. The van der Waals surface area contributed by atoms with E-state index in [2.05, 4.69) is 17.4 Å². The fourth-order valence-corrected chi connectivity index (χ4v) is 1.82. The van der Waals surface area contributed by atoms with Crippen molar-refractivity contribution in [3.05, 3.63) is 34.2 Å². The molecule has 1 aromatic rings. The van der Waals surface area contributed by atoms with Gasteiger partial charge in [-0.3, -0.25) is 15.0 Å². The van der Waals surface area contributed by atoms with Crippen molar-refractivity contribution in [3.63, 3.8) is 0 Å². The highest BCUT2D eigenvalue weighted by molar-refractivity contribution is 5.93. The summed E-state index contributed by atoms with van der Waals surface area (Å²) in [6.45, 7) is 3.45. The molecule has 1 amide bonds. The van der Waals surface area contributed by atoms with Gasteiger partial charge in [-0.1, -0.05) is 0 Å². The van der Waals surface area contributed by atoms with Crippen molar-refractivity contribution in [2.24, 2.45) is 7.05 Å². The zero-order valence-electron chi connectivity index (χ0n) is 10.7. The monoisotopic (exact) mass is 250 g/mol. The van der Waals surface area contributed by atoms with Crippen LogP contribution in [0.5, 0.6) is 0 Å². The highest BCUT2D eigenvalue weighted by Crippen LogP contribution is 1.99. The molecule has 6 heteroatoms. The Morgan fingerprint density at radius 3 is 2.50 bits per heavy atom. The lowest BCUT2D eigenvalue weighted by Crippen LogP contribution is -2.52. The number of nitrogens with one attached hydrogen (secondary N) is 1. The van der Waals surface area contributed by atoms with Crippen LogP contribution in [0, 0.1) is 0 Å². The second-order valence-corrected chi connectivity index (χ2v) is 4.60. The minimum absolute atomic E-state index is 0.180. The Morgan fingerprint density at radius 1 is 1.22 bits per heavy atom. The number of hydrazine groups is 1. The van der Waals surface area contributed by atoms with Gasteiger partial charge in [0, 0.05) is 51.1 Å². The molecule has 18 heavy (non-hydrogen) atoms. The molecule has 2 rings (SSSR count). The standard InChI is InChI=1S/C12H18N4O2/c1-14-5-7-16(8-6-14)13-12(18)10-3-4-15(2)11(17)9-10/h3-4,9H,5-8H2,1-2H3,(H,13,18). The summed E-state index contributed by atoms with van der Waals surface area (Å²) in [5.41, 5.74) is 3.04. The zero-order chi connectivity index (χ0) is 13.1. The van der Waals surface area contributed by atoms with Crippen molar-refractivity contribution < 1.29 is 4.79 Å². The summed E-state index contributed by atoms with van der Waals surface area (Å²) < 4.78 is 1.44. The number of rotatable bonds is 2. The maximum absolute atomic E-state index is 11.9. The van der Waals surface area contributed by atoms with Gasteiger partial charge < -0.3 is 9.47 Å². The number of carbonyl (C=O) groups excluding carboxylic acids is 1. The molecule has 0 spiro atoms. The van der Waals surface area contributed by atoms with Gasteiger partial charge in [0.25, 0.3) is 11.5 Å². The first-order valence-corrected chi connectivity index (χ1v) is 5.97. The molecular weight excluding hydrogens is 232 g/mol. The van der Waals surface area contributed by atoms with E-state index in [0.717, 1.165) is 26.2 Å². The van der Waals surface area contributed by atoms with E-state index < -0.39 is 0 Å². The summed E-state index contributed by atoms with van der Waals surface area (Å²) in [6, 6.07) is 3.00. The summed E-state index contributed by atoms with van der Waals surface area (Å²) in [5, 5.41) is 1.89. The molecule has 1 N–H and O–H groups in total. The third-order valence-corrected chi connectivity index (χ3v) is 3.13. The lowest BCUT2D eigenvalue weighted by atomic mass is 10.2. The first-order valence-electron chi connectivity index (χ1n) is 5.97. The number of likely N-dealkylation sites (N-methyl/N-ethyl adjacent to an activating group) is 1. The Labute approximate surface area is 106 Å². The minimum Gasteiger partial charge on any atom is -0.319 e. The molecule has 0 bridgehead atoms. The predicted molar refractivity (Wildman–Crippen MR) is 68.2 cm³/mol. The van der Waals surface area contributed by atoms with E-state index in [0.29, 0.717) is 5.56 Å². The number of pyridine rings is 1. The van der Waals surface area contributed by atoms with Crippen molar-refractivity contribution in [1.82, 2.24) is 19.9 Å². The molecule has 0 atom stereocenters. The van der Waals surface area contributed by atoms with Crippen LogP contribution in [0.4, 0.5) is 0 Å². The number of aryl methyl sites for hydroxylation is 1. The third kappa shape index (κ3) is 2.96. The van der Waals surface area contributed by atoms with Crippen LogP contribution in [0.1, 0.15) is 10.4 Å². The molecule has 0 radical (unpaired) electrons. The van der Waals surface area contributed by atoms with E-state index in [1.54, 1.807) is 19.3 Å². The number of nitrogens with zero attached hydrogens (tertiary/aromatic N) is 3. The van der Waals surface area contributed by atoms with Crippen LogP contribution in [0.15, 0.2) is 23.1 Å². The smallest absolute Gasteiger partial charge is 0.265 e. The third-order valence-electron chi connectivity index (χ3n) is 3.13. The lowest BCUT2D eigenvalue weighted by Gasteiger charge is -2.32. The van der Waals surface area contributed by atoms with Crippen LogP contribution < -0.4 is 11.0 Å². The van der Waals surface area contributed by atoms with E-state index in [1.165, 1.54) is 10.6 Å². The summed E-state index contributed by atoms with van der Waals surface area (Å²) in [5.74, 6) is -0.225. The number of piperazine rings is 1. The van der Waals surface area contributed by atoms with Gasteiger partial charge in [0.05, 0.1) is 0 Å². The van der Waals surface area contributed by atoms with Gasteiger partial charge in [-0.2, -0.15) is 0 Å². The highest BCUT2D eigenvalue weighted by atomic mass is 16.2. The maximum atomic E-state index is 11.9. The van der Waals surface area contributed by atoms with E-state index in [1.807, 2.05) is 5.01 Å². The van der Waals surface area contributed by atoms with E-state index >= 15 is 0 Å². The molecule has 1 fully saturated rings. The van der Waals surface area contributed by atoms with Gasteiger partial charge in [-0.25, -0.2) is 5.01 Å². The Bertz CT molecular complexity index is 489. The molecule has 98 valence electrons. The van der Waals surface area contributed by atoms with Crippen molar-refractivity contribution in [3.8, 4) is 0 Å². The van der Waals surface area contributed by atoms with E-state index in [-0.39, 0.29) is 11.5 Å². The van der Waals surface area contributed by atoms with Crippen LogP contribution in [-0.4, -0.2) is 53.6 Å². The molecule has 0 aromatic carbocycles. The van der Waals surface area contributed by atoms with Crippen LogP contribution in [0.2, 0.25) is 0 Å². The fourth-order valence-electron chi connectivity index (χ4n) is 1.82. The SMILES string of the molecule is CN1CCN(NC(=O)c2ccn(C)c(=O)c2)CC1. The number of aromatic nitrogens is 1. The van der Waals surface area contributed by atoms with Gasteiger partial charge in [0.15, 0.2) is 0 Å². The topological polar surface area (TPSA) is 57.6 Å². The zero-order valence-corrected chi connectivity index (χ0v) is 10.7.